The monoisotopic (exact) mass is 333 g/mol. The van der Waals surface area contributed by atoms with Gasteiger partial charge in [-0.05, 0) is 39.2 Å². The number of hydrogen-bond acceptors (Lipinski definition) is 5. The Morgan fingerprint density at radius 3 is 2.42 bits per heavy atom. The van der Waals surface area contributed by atoms with E-state index in [4.69, 9.17) is 4.74 Å². The second-order valence-electron chi connectivity index (χ2n) is 7.23. The number of ether oxygens (including phenoxy) is 1. The number of ketones is 1. The Bertz CT molecular complexity index is 635. The second kappa shape index (κ2) is 6.71. The van der Waals surface area contributed by atoms with Gasteiger partial charge in [-0.1, -0.05) is 30.3 Å². The molecule has 0 bridgehead atoms. The maximum atomic E-state index is 12.9. The zero-order valence-electron chi connectivity index (χ0n) is 14.3. The molecule has 1 aliphatic carbocycles. The highest BCUT2D eigenvalue weighted by atomic mass is 16.6. The first-order valence-corrected chi connectivity index (χ1v) is 8.10. The Morgan fingerprint density at radius 1 is 1.33 bits per heavy atom. The van der Waals surface area contributed by atoms with Gasteiger partial charge in [0, 0.05) is 11.3 Å². The van der Waals surface area contributed by atoms with Crippen LogP contribution >= 0.6 is 0 Å². The van der Waals surface area contributed by atoms with Crippen molar-refractivity contribution in [3.8, 4) is 0 Å². The Balaban J connectivity index is 2.52. The summed E-state index contributed by atoms with van der Waals surface area (Å²) in [5, 5.41) is 11.2. The number of nitrogens with zero attached hydrogens (tertiary/aromatic N) is 1. The van der Waals surface area contributed by atoms with Crippen molar-refractivity contribution in [2.24, 2.45) is 5.41 Å². The number of nitro groups is 1. The van der Waals surface area contributed by atoms with Crippen molar-refractivity contribution in [3.05, 3.63) is 46.0 Å². The van der Waals surface area contributed by atoms with Crippen molar-refractivity contribution in [1.82, 2.24) is 0 Å². The Hall–Kier alpha value is -2.24. The molecule has 24 heavy (non-hydrogen) atoms. The molecule has 1 fully saturated rings. The fourth-order valence-corrected chi connectivity index (χ4v) is 3.37. The van der Waals surface area contributed by atoms with Gasteiger partial charge in [0.15, 0.2) is 5.78 Å². The molecule has 0 saturated heterocycles. The lowest BCUT2D eigenvalue weighted by atomic mass is 9.69. The third-order valence-electron chi connectivity index (χ3n) is 4.36. The molecule has 1 aromatic carbocycles. The lowest BCUT2D eigenvalue weighted by Crippen LogP contribution is -2.47. The number of esters is 1. The standard InChI is InChI=1S/C18H23NO5/c1-17(2,3)24-16(21)18(11-7-10-15(18)20)14(12-19(22)23)13-8-5-4-6-9-13/h4-6,8-9,14H,7,10-12H2,1-3H3/t14-,18+/m0/s1. The Morgan fingerprint density at radius 2 is 1.96 bits per heavy atom. The van der Waals surface area contributed by atoms with Crippen molar-refractivity contribution in [1.29, 1.82) is 0 Å². The predicted molar refractivity (Wildman–Crippen MR) is 88.2 cm³/mol. The van der Waals surface area contributed by atoms with Crippen LogP contribution in [0.1, 0.15) is 51.5 Å². The largest absolute Gasteiger partial charge is 0.459 e. The first-order valence-electron chi connectivity index (χ1n) is 8.10. The topological polar surface area (TPSA) is 86.5 Å². The first-order chi connectivity index (χ1) is 11.2. The maximum Gasteiger partial charge on any atom is 0.321 e. The number of hydrogen-bond donors (Lipinski definition) is 0. The molecular weight excluding hydrogens is 310 g/mol. The van der Waals surface area contributed by atoms with Crippen LogP contribution in [0.3, 0.4) is 0 Å². The number of benzene rings is 1. The van der Waals surface area contributed by atoms with Crippen LogP contribution in [-0.2, 0) is 14.3 Å². The smallest absolute Gasteiger partial charge is 0.321 e. The third-order valence-corrected chi connectivity index (χ3v) is 4.36. The van der Waals surface area contributed by atoms with Gasteiger partial charge in [-0.15, -0.1) is 0 Å². The molecule has 0 amide bonds. The molecule has 0 heterocycles. The van der Waals surface area contributed by atoms with Gasteiger partial charge >= 0.3 is 5.97 Å². The molecule has 1 aromatic rings. The molecule has 0 N–H and O–H groups in total. The van der Waals surface area contributed by atoms with Crippen LogP contribution in [0, 0.1) is 15.5 Å². The Labute approximate surface area is 141 Å². The molecular formula is C18H23NO5. The highest BCUT2D eigenvalue weighted by molar-refractivity contribution is 6.06. The molecule has 1 aliphatic rings. The molecule has 2 atom stereocenters. The van der Waals surface area contributed by atoms with E-state index in [0.29, 0.717) is 12.0 Å². The summed E-state index contributed by atoms with van der Waals surface area (Å²) >= 11 is 0. The lowest BCUT2D eigenvalue weighted by molar-refractivity contribution is -0.485. The summed E-state index contributed by atoms with van der Waals surface area (Å²) in [5.41, 5.74) is -1.61. The summed E-state index contributed by atoms with van der Waals surface area (Å²) < 4.78 is 5.50. The fraction of sp³-hybridized carbons (Fsp3) is 0.556. The van der Waals surface area contributed by atoms with E-state index >= 15 is 0 Å². The minimum atomic E-state index is -1.47. The van der Waals surface area contributed by atoms with Gasteiger partial charge in [-0.2, -0.15) is 0 Å². The summed E-state index contributed by atoms with van der Waals surface area (Å²) in [5.74, 6) is -1.72. The zero-order chi connectivity index (χ0) is 18.0. The molecule has 1 saturated carbocycles. The van der Waals surface area contributed by atoms with Gasteiger partial charge in [0.25, 0.3) is 0 Å². The molecule has 0 radical (unpaired) electrons. The summed E-state index contributed by atoms with van der Waals surface area (Å²) in [6, 6.07) is 8.76. The molecule has 0 aromatic heterocycles. The normalized spacial score (nSPS) is 22.2. The van der Waals surface area contributed by atoms with Gasteiger partial charge in [0.05, 0.1) is 5.92 Å². The quantitative estimate of drug-likeness (QED) is 0.357. The SMILES string of the molecule is CC(C)(C)OC(=O)[C@@]1([C@@H](C[N+](=O)[O-])c2ccccc2)CCCC1=O. The number of carbonyl (C=O) groups is 2. The molecule has 6 heteroatoms. The van der Waals surface area contributed by atoms with Gasteiger partial charge in [0.2, 0.25) is 6.54 Å². The van der Waals surface area contributed by atoms with Crippen molar-refractivity contribution in [2.75, 3.05) is 6.54 Å². The zero-order valence-corrected chi connectivity index (χ0v) is 14.3. The van der Waals surface area contributed by atoms with Crippen LogP contribution in [0.4, 0.5) is 0 Å². The van der Waals surface area contributed by atoms with E-state index in [1.807, 2.05) is 0 Å². The minimum absolute atomic E-state index is 0.250. The van der Waals surface area contributed by atoms with Crippen LogP contribution in [-0.4, -0.2) is 28.8 Å². The van der Waals surface area contributed by atoms with E-state index in [0.717, 1.165) is 0 Å². The van der Waals surface area contributed by atoms with E-state index in [-0.39, 0.29) is 18.6 Å². The number of rotatable bonds is 5. The average Bonchev–Trinajstić information content (AvgIpc) is 2.86. The first kappa shape index (κ1) is 18.1. The average molecular weight is 333 g/mol. The predicted octanol–water partition coefficient (Wildman–Crippen LogP) is 3.13. The van der Waals surface area contributed by atoms with Gasteiger partial charge in [-0.25, -0.2) is 0 Å². The third kappa shape index (κ3) is 3.63. The minimum Gasteiger partial charge on any atom is -0.459 e. The molecule has 0 spiro atoms. The summed E-state index contributed by atoms with van der Waals surface area (Å²) in [4.78, 5) is 36.4. The molecule has 0 aliphatic heterocycles. The van der Waals surface area contributed by atoms with Gasteiger partial charge in [0.1, 0.15) is 11.0 Å². The lowest BCUT2D eigenvalue weighted by Gasteiger charge is -2.34. The van der Waals surface area contributed by atoms with Crippen LogP contribution in [0.25, 0.3) is 0 Å². The summed E-state index contributed by atoms with van der Waals surface area (Å²) in [6.45, 7) is 4.70. The Kier molecular flexibility index (Phi) is 5.06. The maximum absolute atomic E-state index is 12.9. The molecule has 2 rings (SSSR count). The van der Waals surface area contributed by atoms with Crippen LogP contribution in [0.5, 0.6) is 0 Å². The number of carbonyl (C=O) groups excluding carboxylic acids is 2. The highest BCUT2D eigenvalue weighted by Crippen LogP contribution is 2.48. The van der Waals surface area contributed by atoms with Crippen molar-refractivity contribution < 1.29 is 19.2 Å². The van der Waals surface area contributed by atoms with Crippen molar-refractivity contribution in [3.63, 3.8) is 0 Å². The highest BCUT2D eigenvalue weighted by Gasteiger charge is 2.58. The fourth-order valence-electron chi connectivity index (χ4n) is 3.37. The van der Waals surface area contributed by atoms with E-state index < -0.39 is 34.4 Å². The van der Waals surface area contributed by atoms with Gasteiger partial charge in [-0.3, -0.25) is 19.7 Å². The van der Waals surface area contributed by atoms with Crippen LogP contribution in [0.2, 0.25) is 0 Å². The summed E-state index contributed by atoms with van der Waals surface area (Å²) in [7, 11) is 0. The second-order valence-corrected chi connectivity index (χ2v) is 7.23. The molecule has 0 unspecified atom stereocenters. The van der Waals surface area contributed by atoms with Gasteiger partial charge < -0.3 is 4.74 Å². The summed E-state index contributed by atoms with van der Waals surface area (Å²) in [6.07, 6.45) is 1.08. The van der Waals surface area contributed by atoms with Crippen molar-refractivity contribution >= 4 is 11.8 Å². The van der Waals surface area contributed by atoms with Crippen LogP contribution in [0.15, 0.2) is 30.3 Å². The molecule has 130 valence electrons. The van der Waals surface area contributed by atoms with Crippen LogP contribution < -0.4 is 0 Å². The van der Waals surface area contributed by atoms with E-state index in [1.54, 1.807) is 51.1 Å². The number of Topliss-reactive ketones (excluding diaryl/α,β-unsaturated/α-hetero) is 1. The van der Waals surface area contributed by atoms with E-state index in [2.05, 4.69) is 0 Å². The van der Waals surface area contributed by atoms with E-state index in [1.165, 1.54) is 0 Å². The van der Waals surface area contributed by atoms with Crippen molar-refractivity contribution in [2.45, 2.75) is 51.6 Å². The van der Waals surface area contributed by atoms with E-state index in [9.17, 15) is 19.7 Å². The molecule has 6 nitrogen and oxygen atoms in total.